The molecule has 0 amide bonds. The molecular formula is C22H32N4OS. The fourth-order valence-electron chi connectivity index (χ4n) is 5.27. The molecular weight excluding hydrogens is 368 g/mol. The third-order valence-corrected chi connectivity index (χ3v) is 8.28. The lowest BCUT2D eigenvalue weighted by Crippen LogP contribution is -2.41. The van der Waals surface area contributed by atoms with Crippen LogP contribution in [0.15, 0.2) is 4.79 Å². The molecule has 0 atom stereocenters. The number of fused-ring (bicyclic) bond motifs is 3. The molecule has 0 radical (unpaired) electrons. The second-order valence-electron chi connectivity index (χ2n) is 9.25. The number of H-pyrrole nitrogens is 1. The van der Waals surface area contributed by atoms with Crippen molar-refractivity contribution in [2.24, 2.45) is 11.8 Å². The van der Waals surface area contributed by atoms with E-state index in [0.29, 0.717) is 0 Å². The summed E-state index contributed by atoms with van der Waals surface area (Å²) in [6.45, 7) is 9.27. The maximum absolute atomic E-state index is 12.6. The molecule has 2 aromatic rings. The number of hydrogen-bond acceptors (Lipinski definition) is 5. The molecule has 1 N–H and O–H groups in total. The molecule has 5 rings (SSSR count). The third kappa shape index (κ3) is 3.79. The summed E-state index contributed by atoms with van der Waals surface area (Å²) in [6, 6.07) is 0. The van der Waals surface area contributed by atoms with Gasteiger partial charge in [-0.3, -0.25) is 9.69 Å². The van der Waals surface area contributed by atoms with E-state index in [2.05, 4.69) is 21.7 Å². The Morgan fingerprint density at radius 3 is 2.61 bits per heavy atom. The van der Waals surface area contributed by atoms with Crippen molar-refractivity contribution in [3.63, 3.8) is 0 Å². The van der Waals surface area contributed by atoms with Gasteiger partial charge in [0.25, 0.3) is 5.56 Å². The van der Waals surface area contributed by atoms with Gasteiger partial charge in [-0.15, -0.1) is 11.3 Å². The number of aromatic nitrogens is 2. The van der Waals surface area contributed by atoms with Crippen LogP contribution in [-0.4, -0.2) is 52.5 Å². The lowest BCUT2D eigenvalue weighted by Gasteiger charge is -2.37. The maximum Gasteiger partial charge on any atom is 0.259 e. The Kier molecular flexibility index (Phi) is 5.28. The summed E-state index contributed by atoms with van der Waals surface area (Å²) >= 11 is 1.74. The van der Waals surface area contributed by atoms with Gasteiger partial charge in [0.2, 0.25) is 0 Å². The van der Waals surface area contributed by atoms with Crippen LogP contribution in [0.4, 0.5) is 0 Å². The van der Waals surface area contributed by atoms with Crippen LogP contribution in [0.2, 0.25) is 0 Å². The molecule has 2 aromatic heterocycles. The Bertz CT molecular complexity index is 888. The van der Waals surface area contributed by atoms with Gasteiger partial charge in [0.05, 0.1) is 11.9 Å². The molecule has 1 aliphatic carbocycles. The Morgan fingerprint density at radius 2 is 1.82 bits per heavy atom. The molecule has 0 spiro atoms. The second-order valence-corrected chi connectivity index (χ2v) is 10.3. The minimum atomic E-state index is 0.0774. The Morgan fingerprint density at radius 1 is 1.07 bits per heavy atom. The highest BCUT2D eigenvalue weighted by molar-refractivity contribution is 7.18. The summed E-state index contributed by atoms with van der Waals surface area (Å²) in [6.07, 6.45) is 8.62. The molecule has 2 aliphatic heterocycles. The first-order chi connectivity index (χ1) is 13.7. The van der Waals surface area contributed by atoms with Gasteiger partial charge in [-0.1, -0.05) is 6.92 Å². The molecule has 4 heterocycles. The van der Waals surface area contributed by atoms with Gasteiger partial charge in [-0.2, -0.15) is 0 Å². The van der Waals surface area contributed by atoms with Crippen LogP contribution in [-0.2, 0) is 19.4 Å². The Balaban J connectivity index is 1.18. The SMILES string of the molecule is CC1CCN(CC2CCN(Cc3nc4sc5c(c4c(=O)[nH]3)CCC5)CC2)CC1. The summed E-state index contributed by atoms with van der Waals surface area (Å²) in [5, 5.41) is 0.871. The van der Waals surface area contributed by atoms with E-state index in [0.717, 1.165) is 60.4 Å². The molecule has 0 unspecified atom stereocenters. The molecule has 2 saturated heterocycles. The molecule has 5 nitrogen and oxygen atoms in total. The molecule has 2 fully saturated rings. The average molecular weight is 401 g/mol. The number of rotatable bonds is 4. The van der Waals surface area contributed by atoms with Gasteiger partial charge in [0.15, 0.2) is 0 Å². The predicted octanol–water partition coefficient (Wildman–Crippen LogP) is 3.42. The second kappa shape index (κ2) is 7.88. The van der Waals surface area contributed by atoms with Gasteiger partial charge in [-0.25, -0.2) is 4.98 Å². The Labute approximate surface area is 171 Å². The van der Waals surface area contributed by atoms with Crippen molar-refractivity contribution in [3.05, 3.63) is 26.6 Å². The molecule has 28 heavy (non-hydrogen) atoms. The number of thiophene rings is 1. The van der Waals surface area contributed by atoms with Gasteiger partial charge >= 0.3 is 0 Å². The number of aryl methyl sites for hydroxylation is 2. The number of aromatic amines is 1. The van der Waals surface area contributed by atoms with Crippen LogP contribution in [0.3, 0.4) is 0 Å². The minimum absolute atomic E-state index is 0.0774. The number of nitrogens with one attached hydrogen (secondary N) is 1. The standard InChI is InChI=1S/C22H32N4OS/c1-15-5-9-25(10-6-15)13-16-7-11-26(12-8-16)14-19-23-21(27)20-17-3-2-4-18(17)28-22(20)24-19/h15-16H,2-14H2,1H3,(H,23,24,27). The zero-order valence-electron chi connectivity index (χ0n) is 17.0. The van der Waals surface area contributed by atoms with Gasteiger partial charge in [-0.05, 0) is 88.5 Å². The van der Waals surface area contributed by atoms with E-state index in [9.17, 15) is 4.79 Å². The highest BCUT2D eigenvalue weighted by Crippen LogP contribution is 2.34. The van der Waals surface area contributed by atoms with E-state index in [4.69, 9.17) is 4.98 Å². The zero-order valence-corrected chi connectivity index (χ0v) is 17.8. The van der Waals surface area contributed by atoms with Crippen LogP contribution in [0, 0.1) is 11.8 Å². The molecule has 6 heteroatoms. The summed E-state index contributed by atoms with van der Waals surface area (Å²) in [7, 11) is 0. The summed E-state index contributed by atoms with van der Waals surface area (Å²) in [4.78, 5) is 28.1. The van der Waals surface area contributed by atoms with Gasteiger partial charge < -0.3 is 9.88 Å². The quantitative estimate of drug-likeness (QED) is 0.854. The third-order valence-electron chi connectivity index (χ3n) is 7.10. The first-order valence-electron chi connectivity index (χ1n) is 11.1. The van der Waals surface area contributed by atoms with E-state index in [1.165, 1.54) is 62.2 Å². The lowest BCUT2D eigenvalue weighted by atomic mass is 9.93. The van der Waals surface area contributed by atoms with Crippen LogP contribution in [0.25, 0.3) is 10.2 Å². The normalized spacial score (nSPS) is 22.9. The van der Waals surface area contributed by atoms with Crippen molar-refractivity contribution in [1.29, 1.82) is 0 Å². The van der Waals surface area contributed by atoms with E-state index in [-0.39, 0.29) is 5.56 Å². The van der Waals surface area contributed by atoms with Crippen molar-refractivity contribution < 1.29 is 0 Å². The number of hydrogen-bond donors (Lipinski definition) is 1. The highest BCUT2D eigenvalue weighted by Gasteiger charge is 2.25. The highest BCUT2D eigenvalue weighted by atomic mass is 32.1. The van der Waals surface area contributed by atoms with E-state index < -0.39 is 0 Å². The van der Waals surface area contributed by atoms with Gasteiger partial charge in [0.1, 0.15) is 10.7 Å². The van der Waals surface area contributed by atoms with Crippen molar-refractivity contribution in [1.82, 2.24) is 19.8 Å². The zero-order chi connectivity index (χ0) is 19.1. The van der Waals surface area contributed by atoms with Crippen LogP contribution >= 0.6 is 11.3 Å². The first-order valence-corrected chi connectivity index (χ1v) is 12.0. The van der Waals surface area contributed by atoms with Crippen molar-refractivity contribution in [3.8, 4) is 0 Å². The van der Waals surface area contributed by atoms with Crippen molar-refractivity contribution in [2.45, 2.75) is 58.4 Å². The fourth-order valence-corrected chi connectivity index (χ4v) is 6.55. The van der Waals surface area contributed by atoms with Crippen LogP contribution in [0.1, 0.15) is 55.3 Å². The minimum Gasteiger partial charge on any atom is -0.309 e. The molecule has 0 saturated carbocycles. The fraction of sp³-hybridized carbons (Fsp3) is 0.727. The van der Waals surface area contributed by atoms with Crippen LogP contribution in [0.5, 0.6) is 0 Å². The van der Waals surface area contributed by atoms with E-state index >= 15 is 0 Å². The first kappa shape index (κ1) is 18.8. The van der Waals surface area contributed by atoms with Crippen LogP contribution < -0.4 is 5.56 Å². The molecule has 3 aliphatic rings. The topological polar surface area (TPSA) is 52.2 Å². The Hall–Kier alpha value is -1.24. The van der Waals surface area contributed by atoms with Gasteiger partial charge in [0, 0.05) is 11.4 Å². The number of likely N-dealkylation sites (tertiary alicyclic amines) is 2. The number of nitrogens with zero attached hydrogens (tertiary/aromatic N) is 3. The van der Waals surface area contributed by atoms with E-state index in [1.54, 1.807) is 11.3 Å². The average Bonchev–Trinajstić information content (AvgIpc) is 3.26. The largest absolute Gasteiger partial charge is 0.309 e. The smallest absolute Gasteiger partial charge is 0.259 e. The molecule has 152 valence electrons. The summed E-state index contributed by atoms with van der Waals surface area (Å²) in [5.74, 6) is 2.59. The summed E-state index contributed by atoms with van der Waals surface area (Å²) < 4.78 is 0. The van der Waals surface area contributed by atoms with Crippen molar-refractivity contribution >= 4 is 21.6 Å². The predicted molar refractivity (Wildman–Crippen MR) is 115 cm³/mol. The number of piperidine rings is 2. The monoisotopic (exact) mass is 400 g/mol. The van der Waals surface area contributed by atoms with E-state index in [1.807, 2.05) is 0 Å². The lowest BCUT2D eigenvalue weighted by molar-refractivity contribution is 0.116. The van der Waals surface area contributed by atoms with Crippen molar-refractivity contribution in [2.75, 3.05) is 32.7 Å². The maximum atomic E-state index is 12.6. The molecule has 0 aromatic carbocycles. The summed E-state index contributed by atoms with van der Waals surface area (Å²) in [5.41, 5.74) is 1.35. The molecule has 0 bridgehead atoms.